The molecule has 246 valence electrons. The van der Waals surface area contributed by atoms with E-state index in [9.17, 15) is 33.9 Å². The van der Waals surface area contributed by atoms with Gasteiger partial charge < -0.3 is 42.6 Å². The van der Waals surface area contributed by atoms with Crippen molar-refractivity contribution in [3.05, 3.63) is 82.9 Å². The van der Waals surface area contributed by atoms with Gasteiger partial charge in [-0.3, -0.25) is 29.4 Å². The SMILES string of the molecule is C=CCOC(=O)N[C@@H](Cc1ccc(C(=N)N)cc1)C(=O)N[C@@H](CCC(=O)O)C(=O)N[C@@H](CC(N)=O)C(=O)NCc1cccc(Cl)c1. The number of rotatable bonds is 18. The fourth-order valence-electron chi connectivity index (χ4n) is 4.03. The van der Waals surface area contributed by atoms with Crippen LogP contribution in [0.5, 0.6) is 0 Å². The molecule has 0 aliphatic rings. The summed E-state index contributed by atoms with van der Waals surface area (Å²) in [6.07, 6.45) is -1.30. The minimum Gasteiger partial charge on any atom is -0.481 e. The molecule has 0 fully saturated rings. The van der Waals surface area contributed by atoms with Crippen molar-refractivity contribution >= 4 is 53.1 Å². The minimum atomic E-state index is -1.51. The van der Waals surface area contributed by atoms with Gasteiger partial charge in [0, 0.05) is 30.0 Å². The van der Waals surface area contributed by atoms with E-state index in [0.29, 0.717) is 21.7 Å². The molecular formula is C30H36ClN7O8. The van der Waals surface area contributed by atoms with Gasteiger partial charge in [0.05, 0.1) is 6.42 Å². The zero-order chi connectivity index (χ0) is 34.2. The molecule has 46 heavy (non-hydrogen) atoms. The van der Waals surface area contributed by atoms with Gasteiger partial charge in [-0.1, -0.05) is 60.7 Å². The first-order valence-corrected chi connectivity index (χ1v) is 14.3. The van der Waals surface area contributed by atoms with Crippen LogP contribution in [0.2, 0.25) is 5.02 Å². The zero-order valence-corrected chi connectivity index (χ0v) is 25.5. The molecule has 0 saturated heterocycles. The number of carbonyl (C=O) groups excluding carboxylic acids is 5. The number of hydrogen-bond acceptors (Lipinski definition) is 8. The van der Waals surface area contributed by atoms with Crippen molar-refractivity contribution in [2.75, 3.05) is 6.61 Å². The van der Waals surface area contributed by atoms with Gasteiger partial charge >= 0.3 is 12.1 Å². The first-order valence-electron chi connectivity index (χ1n) is 13.9. The second kappa shape index (κ2) is 18.4. The highest BCUT2D eigenvalue weighted by Gasteiger charge is 2.31. The van der Waals surface area contributed by atoms with E-state index in [0.717, 1.165) is 0 Å². The number of nitrogens with one attached hydrogen (secondary N) is 5. The van der Waals surface area contributed by atoms with Crippen LogP contribution >= 0.6 is 11.6 Å². The van der Waals surface area contributed by atoms with Gasteiger partial charge in [0.25, 0.3) is 0 Å². The highest BCUT2D eigenvalue weighted by Crippen LogP contribution is 2.11. The number of carboxylic acids is 1. The van der Waals surface area contributed by atoms with Crippen molar-refractivity contribution < 1.29 is 38.6 Å². The van der Waals surface area contributed by atoms with Crippen LogP contribution < -0.4 is 32.7 Å². The lowest BCUT2D eigenvalue weighted by molar-refractivity contribution is -0.138. The third kappa shape index (κ3) is 13.1. The van der Waals surface area contributed by atoms with E-state index < -0.39 is 73.1 Å². The Bertz CT molecular complexity index is 1450. The molecule has 0 spiro atoms. The molecule has 0 saturated carbocycles. The van der Waals surface area contributed by atoms with Gasteiger partial charge in [-0.2, -0.15) is 0 Å². The van der Waals surface area contributed by atoms with Crippen LogP contribution in [0.15, 0.2) is 61.2 Å². The van der Waals surface area contributed by atoms with Crippen molar-refractivity contribution in [3.63, 3.8) is 0 Å². The van der Waals surface area contributed by atoms with E-state index in [1.807, 2.05) is 0 Å². The third-order valence-electron chi connectivity index (χ3n) is 6.32. The summed E-state index contributed by atoms with van der Waals surface area (Å²) < 4.78 is 4.92. The molecule has 0 aliphatic heterocycles. The topological polar surface area (TPSA) is 256 Å². The largest absolute Gasteiger partial charge is 0.481 e. The summed E-state index contributed by atoms with van der Waals surface area (Å²) in [6, 6.07) is 8.58. The molecule has 0 unspecified atom stereocenters. The number of amidine groups is 1. The number of halogens is 1. The number of nitrogens with two attached hydrogens (primary N) is 2. The van der Waals surface area contributed by atoms with Gasteiger partial charge in [-0.25, -0.2) is 4.79 Å². The summed E-state index contributed by atoms with van der Waals surface area (Å²) in [6.45, 7) is 3.30. The fourth-order valence-corrected chi connectivity index (χ4v) is 4.25. The maximum atomic E-state index is 13.4. The molecule has 2 aromatic rings. The summed E-state index contributed by atoms with van der Waals surface area (Å²) in [7, 11) is 0. The molecule has 2 rings (SSSR count). The quantitative estimate of drug-likeness (QED) is 0.0629. The van der Waals surface area contributed by atoms with E-state index in [2.05, 4.69) is 27.8 Å². The highest BCUT2D eigenvalue weighted by molar-refractivity contribution is 6.30. The number of alkyl carbamates (subject to hydrolysis) is 1. The Hall–Kier alpha value is -5.44. The van der Waals surface area contributed by atoms with Crippen molar-refractivity contribution in [2.45, 2.75) is 50.4 Å². The number of primary amides is 1. The molecule has 2 aromatic carbocycles. The van der Waals surface area contributed by atoms with Gasteiger partial charge in [0.1, 0.15) is 30.6 Å². The summed E-state index contributed by atoms with van der Waals surface area (Å²) in [5.74, 6) is -4.98. The first-order chi connectivity index (χ1) is 21.8. The van der Waals surface area contributed by atoms with E-state index in [1.54, 1.807) is 48.5 Å². The Morgan fingerprint density at radius 2 is 1.57 bits per heavy atom. The van der Waals surface area contributed by atoms with E-state index in [4.69, 9.17) is 33.2 Å². The van der Waals surface area contributed by atoms with E-state index in [1.165, 1.54) is 6.08 Å². The third-order valence-corrected chi connectivity index (χ3v) is 6.55. The molecule has 3 atom stereocenters. The fraction of sp³-hybridized carbons (Fsp3) is 0.300. The van der Waals surface area contributed by atoms with Crippen molar-refractivity contribution in [2.24, 2.45) is 11.5 Å². The number of ether oxygens (including phenoxy) is 1. The zero-order valence-electron chi connectivity index (χ0n) is 24.7. The Morgan fingerprint density at radius 1 is 0.913 bits per heavy atom. The molecule has 0 bridgehead atoms. The molecule has 10 N–H and O–H groups in total. The molecular weight excluding hydrogens is 622 g/mol. The second-order valence-electron chi connectivity index (χ2n) is 9.97. The first kappa shape index (κ1) is 36.8. The number of carbonyl (C=O) groups is 6. The molecule has 5 amide bonds. The average molecular weight is 658 g/mol. The van der Waals surface area contributed by atoms with Crippen LogP contribution in [0, 0.1) is 5.41 Å². The highest BCUT2D eigenvalue weighted by atomic mass is 35.5. The van der Waals surface area contributed by atoms with Crippen LogP contribution in [-0.4, -0.2) is 71.4 Å². The van der Waals surface area contributed by atoms with Gasteiger partial charge in [0.15, 0.2) is 0 Å². The Morgan fingerprint density at radius 3 is 2.15 bits per heavy atom. The summed E-state index contributed by atoms with van der Waals surface area (Å²) in [5, 5.41) is 27.0. The van der Waals surface area contributed by atoms with Crippen molar-refractivity contribution in [3.8, 4) is 0 Å². The van der Waals surface area contributed by atoms with Gasteiger partial charge in [-0.15, -0.1) is 0 Å². The van der Waals surface area contributed by atoms with Crippen LogP contribution in [0.25, 0.3) is 0 Å². The normalized spacial score (nSPS) is 12.4. The molecule has 0 radical (unpaired) electrons. The lowest BCUT2D eigenvalue weighted by Crippen LogP contribution is -2.57. The minimum absolute atomic E-state index is 0.00635. The van der Waals surface area contributed by atoms with Gasteiger partial charge in [-0.05, 0) is 29.7 Å². The number of amides is 5. The molecule has 0 heterocycles. The summed E-state index contributed by atoms with van der Waals surface area (Å²) in [5.41, 5.74) is 12.4. The number of carboxylic acid groups (broad SMARTS) is 1. The van der Waals surface area contributed by atoms with Gasteiger partial charge in [0.2, 0.25) is 23.6 Å². The maximum Gasteiger partial charge on any atom is 0.408 e. The monoisotopic (exact) mass is 657 g/mol. The summed E-state index contributed by atoms with van der Waals surface area (Å²) >= 11 is 5.97. The van der Waals surface area contributed by atoms with Crippen LogP contribution in [0.3, 0.4) is 0 Å². The van der Waals surface area contributed by atoms with E-state index in [-0.39, 0.29) is 25.4 Å². The van der Waals surface area contributed by atoms with Crippen molar-refractivity contribution in [1.29, 1.82) is 5.41 Å². The number of aliphatic carboxylic acids is 1. The predicted molar refractivity (Wildman–Crippen MR) is 167 cm³/mol. The van der Waals surface area contributed by atoms with Crippen LogP contribution in [-0.2, 0) is 41.7 Å². The molecule has 15 nitrogen and oxygen atoms in total. The number of benzene rings is 2. The van der Waals surface area contributed by atoms with Crippen LogP contribution in [0.1, 0.15) is 36.0 Å². The predicted octanol–water partition coefficient (Wildman–Crippen LogP) is 0.474. The van der Waals surface area contributed by atoms with E-state index >= 15 is 0 Å². The van der Waals surface area contributed by atoms with Crippen molar-refractivity contribution in [1.82, 2.24) is 21.3 Å². The Labute approximate surface area is 269 Å². The smallest absolute Gasteiger partial charge is 0.408 e. The van der Waals surface area contributed by atoms with Crippen LogP contribution in [0.4, 0.5) is 4.79 Å². The second-order valence-corrected chi connectivity index (χ2v) is 10.4. The lowest BCUT2D eigenvalue weighted by Gasteiger charge is -2.25. The Balaban J connectivity index is 2.25. The average Bonchev–Trinajstić information content (AvgIpc) is 3.00. The number of hydrogen-bond donors (Lipinski definition) is 8. The lowest BCUT2D eigenvalue weighted by atomic mass is 10.0. The number of nitrogen functional groups attached to an aromatic ring is 1. The summed E-state index contributed by atoms with van der Waals surface area (Å²) in [4.78, 5) is 75.1. The Kier molecular flexibility index (Phi) is 14.7. The molecule has 16 heteroatoms. The standard InChI is InChI=1S/C30H36ClN7O8/c1-2-12-46-30(45)38-22(14-17-6-8-19(9-7-17)26(33)34)29(44)36-21(10-11-25(40)41)28(43)37-23(15-24(32)39)27(42)35-16-18-4-3-5-20(31)13-18/h2-9,13,21-23H,1,10-12,14-16H2,(H2,32,39)(H3,33,34)(H,35,42)(H,36,44)(H,37,43)(H,38,45)(H,40,41)/t21-,22-,23-/m0/s1. The molecule has 0 aliphatic carbocycles. The molecule has 0 aromatic heterocycles. The maximum absolute atomic E-state index is 13.4.